The summed E-state index contributed by atoms with van der Waals surface area (Å²) in [6.45, 7) is 0. The molecule has 0 amide bonds. The first-order chi connectivity index (χ1) is 5.29. The van der Waals surface area contributed by atoms with Gasteiger partial charge in [-0.05, 0) is 11.6 Å². The molecule has 2 rings (SSSR count). The van der Waals surface area contributed by atoms with Gasteiger partial charge in [-0.2, -0.15) is 0 Å². The van der Waals surface area contributed by atoms with E-state index in [0.29, 0.717) is 5.75 Å². The average Bonchev–Trinajstić information content (AvgIpc) is 2.30. The van der Waals surface area contributed by atoms with Gasteiger partial charge >= 0.3 is 0 Å². The summed E-state index contributed by atoms with van der Waals surface area (Å²) in [5.74, 6) is 0.583. The smallest absolute Gasteiger partial charge is 0.0552 e. The first-order valence-corrected chi connectivity index (χ1v) is 4.84. The lowest BCUT2D eigenvalue weighted by Gasteiger charge is -1.99. The zero-order valence-corrected chi connectivity index (χ0v) is 6.80. The fourth-order valence-electron chi connectivity index (χ4n) is 1.34. The number of fused-ring (bicyclic) bond motifs is 1. The van der Waals surface area contributed by atoms with Gasteiger partial charge in [-0.25, -0.2) is 0 Å². The van der Waals surface area contributed by atoms with Crippen molar-refractivity contribution in [1.82, 2.24) is 0 Å². The number of hydrogen-bond donors (Lipinski definition) is 1. The van der Waals surface area contributed by atoms with E-state index in [-0.39, 0.29) is 6.04 Å². The van der Waals surface area contributed by atoms with Crippen molar-refractivity contribution in [3.63, 3.8) is 0 Å². The van der Waals surface area contributed by atoms with Crippen molar-refractivity contribution < 1.29 is 4.21 Å². The van der Waals surface area contributed by atoms with Crippen LogP contribution in [0.2, 0.25) is 0 Å². The van der Waals surface area contributed by atoms with Crippen LogP contribution in [0.4, 0.5) is 0 Å². The van der Waals surface area contributed by atoms with Crippen LogP contribution in [-0.4, -0.2) is 9.96 Å². The molecule has 0 aromatic heterocycles. The van der Waals surface area contributed by atoms with Gasteiger partial charge in [0.2, 0.25) is 0 Å². The first-order valence-electron chi connectivity index (χ1n) is 3.52. The lowest BCUT2D eigenvalue weighted by molar-refractivity contribution is 0.683. The van der Waals surface area contributed by atoms with Gasteiger partial charge in [0, 0.05) is 16.7 Å². The maximum atomic E-state index is 11.3. The lowest BCUT2D eigenvalue weighted by atomic mass is 10.1. The summed E-state index contributed by atoms with van der Waals surface area (Å²) in [6.07, 6.45) is 0. The highest BCUT2D eigenvalue weighted by molar-refractivity contribution is 7.85. The Labute approximate surface area is 67.9 Å². The zero-order valence-electron chi connectivity index (χ0n) is 5.99. The second kappa shape index (κ2) is 2.43. The van der Waals surface area contributed by atoms with E-state index in [1.54, 1.807) is 0 Å². The van der Waals surface area contributed by atoms with Crippen molar-refractivity contribution in [1.29, 1.82) is 0 Å². The van der Waals surface area contributed by atoms with Gasteiger partial charge in [-0.1, -0.05) is 18.2 Å². The molecule has 3 heteroatoms. The van der Waals surface area contributed by atoms with Gasteiger partial charge in [0.05, 0.1) is 10.8 Å². The summed E-state index contributed by atoms with van der Waals surface area (Å²) in [5, 5.41) is 0. The van der Waals surface area contributed by atoms with Crippen molar-refractivity contribution >= 4 is 10.8 Å². The minimum absolute atomic E-state index is 0.0213. The quantitative estimate of drug-likeness (QED) is 0.621. The second-order valence-electron chi connectivity index (χ2n) is 2.66. The predicted molar refractivity (Wildman–Crippen MR) is 44.6 cm³/mol. The summed E-state index contributed by atoms with van der Waals surface area (Å²) < 4.78 is 11.3. The zero-order chi connectivity index (χ0) is 7.84. The number of nitrogens with two attached hydrogens (primary N) is 1. The topological polar surface area (TPSA) is 43.1 Å². The maximum Gasteiger partial charge on any atom is 0.0552 e. The van der Waals surface area contributed by atoms with Crippen LogP contribution in [0.3, 0.4) is 0 Å². The van der Waals surface area contributed by atoms with E-state index in [4.69, 9.17) is 5.73 Å². The fourth-order valence-corrected chi connectivity index (χ4v) is 2.73. The van der Waals surface area contributed by atoms with Gasteiger partial charge < -0.3 is 5.73 Å². The molecule has 1 aliphatic rings. The third kappa shape index (κ3) is 1.01. The van der Waals surface area contributed by atoms with Crippen molar-refractivity contribution in [2.45, 2.75) is 10.9 Å². The van der Waals surface area contributed by atoms with E-state index in [9.17, 15) is 4.21 Å². The van der Waals surface area contributed by atoms with E-state index in [0.717, 1.165) is 10.5 Å². The summed E-state index contributed by atoms with van der Waals surface area (Å²) >= 11 is 0. The molecule has 0 radical (unpaired) electrons. The fraction of sp³-hybridized carbons (Fsp3) is 0.250. The van der Waals surface area contributed by atoms with Gasteiger partial charge in [-0.15, -0.1) is 0 Å². The van der Waals surface area contributed by atoms with Gasteiger partial charge in [-0.3, -0.25) is 4.21 Å². The molecule has 2 nitrogen and oxygen atoms in total. The Kier molecular flexibility index (Phi) is 1.55. The van der Waals surface area contributed by atoms with Crippen molar-refractivity contribution in [3.05, 3.63) is 29.8 Å². The Morgan fingerprint density at radius 2 is 2.18 bits per heavy atom. The molecule has 1 aromatic carbocycles. The molecule has 2 unspecified atom stereocenters. The van der Waals surface area contributed by atoms with Crippen LogP contribution in [0, 0.1) is 0 Å². The Morgan fingerprint density at radius 1 is 1.45 bits per heavy atom. The molecule has 2 N–H and O–H groups in total. The molecule has 0 spiro atoms. The van der Waals surface area contributed by atoms with Crippen LogP contribution < -0.4 is 5.73 Å². The molecule has 0 aliphatic carbocycles. The molecular weight excluding hydrogens is 158 g/mol. The van der Waals surface area contributed by atoms with Gasteiger partial charge in [0.25, 0.3) is 0 Å². The van der Waals surface area contributed by atoms with Crippen LogP contribution in [0.25, 0.3) is 0 Å². The molecule has 1 aromatic rings. The van der Waals surface area contributed by atoms with E-state index in [1.165, 1.54) is 0 Å². The molecule has 58 valence electrons. The minimum Gasteiger partial charge on any atom is -0.323 e. The van der Waals surface area contributed by atoms with Gasteiger partial charge in [0.1, 0.15) is 0 Å². The summed E-state index contributed by atoms with van der Waals surface area (Å²) in [6, 6.07) is 7.64. The molecule has 2 atom stereocenters. The lowest BCUT2D eigenvalue weighted by Crippen LogP contribution is -2.09. The highest BCUT2D eigenvalue weighted by Gasteiger charge is 2.24. The van der Waals surface area contributed by atoms with Crippen LogP contribution in [0.15, 0.2) is 29.2 Å². The van der Waals surface area contributed by atoms with Gasteiger partial charge in [0.15, 0.2) is 0 Å². The summed E-state index contributed by atoms with van der Waals surface area (Å²) in [4.78, 5) is 0.917. The largest absolute Gasteiger partial charge is 0.323 e. The van der Waals surface area contributed by atoms with E-state index in [1.807, 2.05) is 24.3 Å². The highest BCUT2D eigenvalue weighted by atomic mass is 32.2. The number of hydrogen-bond acceptors (Lipinski definition) is 2. The van der Waals surface area contributed by atoms with E-state index >= 15 is 0 Å². The third-order valence-electron chi connectivity index (χ3n) is 1.89. The summed E-state index contributed by atoms with van der Waals surface area (Å²) in [5.41, 5.74) is 6.79. The van der Waals surface area contributed by atoms with Crippen molar-refractivity contribution in [3.8, 4) is 0 Å². The maximum absolute atomic E-state index is 11.3. The molecule has 0 bridgehead atoms. The molecule has 0 fully saturated rings. The summed E-state index contributed by atoms with van der Waals surface area (Å²) in [7, 11) is -0.853. The number of rotatable bonds is 0. The Morgan fingerprint density at radius 3 is 2.91 bits per heavy atom. The van der Waals surface area contributed by atoms with Crippen LogP contribution in [-0.2, 0) is 10.8 Å². The Balaban J connectivity index is 2.60. The highest BCUT2D eigenvalue weighted by Crippen LogP contribution is 2.27. The SMILES string of the molecule is NC1CS(=O)c2ccccc21. The molecular formula is C8H9NOS. The van der Waals surface area contributed by atoms with Crippen LogP contribution >= 0.6 is 0 Å². The number of benzene rings is 1. The standard InChI is InChI=1S/C8H9NOS/c9-7-5-11(10)8-4-2-1-3-6(7)8/h1-4,7H,5,9H2. The molecule has 1 aliphatic heterocycles. The predicted octanol–water partition coefficient (Wildman–Crippen LogP) is 0.808. The Hall–Kier alpha value is -0.670. The normalized spacial score (nSPS) is 28.5. The minimum atomic E-state index is -0.853. The van der Waals surface area contributed by atoms with Crippen LogP contribution in [0.1, 0.15) is 11.6 Å². The van der Waals surface area contributed by atoms with Crippen LogP contribution in [0.5, 0.6) is 0 Å². The Bertz CT molecular complexity index is 311. The van der Waals surface area contributed by atoms with E-state index in [2.05, 4.69) is 0 Å². The molecule has 11 heavy (non-hydrogen) atoms. The average molecular weight is 167 g/mol. The second-order valence-corrected chi connectivity index (χ2v) is 4.12. The molecule has 0 saturated carbocycles. The monoisotopic (exact) mass is 167 g/mol. The first kappa shape index (κ1) is 7.00. The van der Waals surface area contributed by atoms with Crippen molar-refractivity contribution in [2.75, 3.05) is 5.75 Å². The molecule has 1 heterocycles. The van der Waals surface area contributed by atoms with E-state index < -0.39 is 10.8 Å². The van der Waals surface area contributed by atoms with Crippen molar-refractivity contribution in [2.24, 2.45) is 5.73 Å². The molecule has 0 saturated heterocycles. The third-order valence-corrected chi connectivity index (χ3v) is 3.42.